The second kappa shape index (κ2) is 6.31. The minimum absolute atomic E-state index is 0.121. The third-order valence-corrected chi connectivity index (χ3v) is 4.74. The van der Waals surface area contributed by atoms with Crippen LogP contribution in [0.25, 0.3) is 0 Å². The second-order valence-electron chi connectivity index (χ2n) is 4.69. The standard InChI is InChI=1S/C13H22N2O2S/c1-11-6-5-7-13(10-11)12(2)14-8-9-18(16,17)15(3)4/h5-7,10,12,14H,8-9H2,1-4H3. The van der Waals surface area contributed by atoms with Crippen molar-refractivity contribution < 1.29 is 8.42 Å². The van der Waals surface area contributed by atoms with Crippen LogP contribution in [0.3, 0.4) is 0 Å². The van der Waals surface area contributed by atoms with E-state index in [1.54, 1.807) is 14.1 Å². The van der Waals surface area contributed by atoms with Gasteiger partial charge in [0.05, 0.1) is 5.75 Å². The quantitative estimate of drug-likeness (QED) is 0.853. The highest BCUT2D eigenvalue weighted by Crippen LogP contribution is 2.13. The van der Waals surface area contributed by atoms with Gasteiger partial charge in [-0.1, -0.05) is 29.8 Å². The second-order valence-corrected chi connectivity index (χ2v) is 6.99. The van der Waals surface area contributed by atoms with Crippen molar-refractivity contribution in [3.8, 4) is 0 Å². The lowest BCUT2D eigenvalue weighted by molar-refractivity contribution is 0.512. The smallest absolute Gasteiger partial charge is 0.214 e. The summed E-state index contributed by atoms with van der Waals surface area (Å²) in [6.07, 6.45) is 0. The third kappa shape index (κ3) is 4.40. The molecule has 0 radical (unpaired) electrons. The SMILES string of the molecule is Cc1cccc(C(C)NCCS(=O)(=O)N(C)C)c1. The highest BCUT2D eigenvalue weighted by atomic mass is 32.2. The van der Waals surface area contributed by atoms with Crippen molar-refractivity contribution >= 4 is 10.0 Å². The lowest BCUT2D eigenvalue weighted by atomic mass is 10.1. The molecule has 5 heteroatoms. The van der Waals surface area contributed by atoms with E-state index in [-0.39, 0.29) is 11.8 Å². The first-order valence-corrected chi connectivity index (χ1v) is 7.64. The van der Waals surface area contributed by atoms with Crippen LogP contribution in [-0.2, 0) is 10.0 Å². The van der Waals surface area contributed by atoms with Gasteiger partial charge in [0.15, 0.2) is 0 Å². The Labute approximate surface area is 110 Å². The predicted molar refractivity (Wildman–Crippen MR) is 75.1 cm³/mol. The zero-order valence-corrected chi connectivity index (χ0v) is 12.3. The molecule has 0 saturated heterocycles. The van der Waals surface area contributed by atoms with E-state index in [9.17, 15) is 8.42 Å². The van der Waals surface area contributed by atoms with Gasteiger partial charge in [0.25, 0.3) is 0 Å². The van der Waals surface area contributed by atoms with E-state index in [1.165, 1.54) is 15.4 Å². The van der Waals surface area contributed by atoms with Gasteiger partial charge in [0.1, 0.15) is 0 Å². The van der Waals surface area contributed by atoms with Crippen molar-refractivity contribution in [1.82, 2.24) is 9.62 Å². The molecule has 0 aliphatic carbocycles. The van der Waals surface area contributed by atoms with Gasteiger partial charge in [-0.3, -0.25) is 0 Å². The Morgan fingerprint density at radius 1 is 1.33 bits per heavy atom. The van der Waals surface area contributed by atoms with Gasteiger partial charge in [-0.25, -0.2) is 12.7 Å². The van der Waals surface area contributed by atoms with Crippen LogP contribution in [0.2, 0.25) is 0 Å². The van der Waals surface area contributed by atoms with Crippen molar-refractivity contribution in [3.63, 3.8) is 0 Å². The van der Waals surface area contributed by atoms with E-state index in [1.807, 2.05) is 32.0 Å². The number of benzene rings is 1. The van der Waals surface area contributed by atoms with E-state index in [0.29, 0.717) is 6.54 Å². The molecule has 0 heterocycles. The Balaban J connectivity index is 2.50. The molecule has 0 amide bonds. The molecular formula is C13H22N2O2S. The molecule has 0 fully saturated rings. The van der Waals surface area contributed by atoms with Crippen LogP contribution >= 0.6 is 0 Å². The van der Waals surface area contributed by atoms with E-state index >= 15 is 0 Å². The zero-order valence-electron chi connectivity index (χ0n) is 11.5. The molecule has 0 aliphatic heterocycles. The van der Waals surface area contributed by atoms with Crippen LogP contribution < -0.4 is 5.32 Å². The molecule has 18 heavy (non-hydrogen) atoms. The molecule has 0 aliphatic rings. The number of nitrogens with one attached hydrogen (secondary N) is 1. The lowest BCUT2D eigenvalue weighted by Crippen LogP contribution is -2.32. The summed E-state index contributed by atoms with van der Waals surface area (Å²) in [5.41, 5.74) is 2.39. The summed E-state index contributed by atoms with van der Waals surface area (Å²) in [5, 5.41) is 3.23. The van der Waals surface area contributed by atoms with Crippen LogP contribution in [0.5, 0.6) is 0 Å². The van der Waals surface area contributed by atoms with Crippen LogP contribution in [0.4, 0.5) is 0 Å². The van der Waals surface area contributed by atoms with E-state index < -0.39 is 10.0 Å². The monoisotopic (exact) mass is 270 g/mol. The summed E-state index contributed by atoms with van der Waals surface area (Å²) in [4.78, 5) is 0. The first-order chi connectivity index (χ1) is 8.33. The maximum Gasteiger partial charge on any atom is 0.214 e. The minimum Gasteiger partial charge on any atom is -0.309 e. The minimum atomic E-state index is -3.11. The third-order valence-electron chi connectivity index (χ3n) is 2.91. The van der Waals surface area contributed by atoms with Crippen LogP contribution in [0.15, 0.2) is 24.3 Å². The molecular weight excluding hydrogens is 248 g/mol. The zero-order chi connectivity index (χ0) is 13.8. The Morgan fingerprint density at radius 3 is 2.56 bits per heavy atom. The van der Waals surface area contributed by atoms with Gasteiger partial charge in [-0.15, -0.1) is 0 Å². The van der Waals surface area contributed by atoms with Gasteiger partial charge in [-0.2, -0.15) is 0 Å². The van der Waals surface area contributed by atoms with Gasteiger partial charge >= 0.3 is 0 Å². The Hall–Kier alpha value is -0.910. The van der Waals surface area contributed by atoms with Crippen LogP contribution in [0, 0.1) is 6.92 Å². The summed E-state index contributed by atoms with van der Waals surface area (Å²) >= 11 is 0. The Morgan fingerprint density at radius 2 is 2.00 bits per heavy atom. The first kappa shape index (κ1) is 15.1. The number of rotatable bonds is 6. The fraction of sp³-hybridized carbons (Fsp3) is 0.538. The maximum absolute atomic E-state index is 11.6. The van der Waals surface area contributed by atoms with Crippen LogP contribution in [-0.4, -0.2) is 39.1 Å². The molecule has 1 atom stereocenters. The summed E-state index contributed by atoms with van der Waals surface area (Å²) in [6, 6.07) is 8.37. The number of hydrogen-bond acceptors (Lipinski definition) is 3. The summed E-state index contributed by atoms with van der Waals surface area (Å²) in [6.45, 7) is 4.54. The highest BCUT2D eigenvalue weighted by Gasteiger charge is 2.13. The van der Waals surface area contributed by atoms with Crippen LogP contribution in [0.1, 0.15) is 24.1 Å². The largest absolute Gasteiger partial charge is 0.309 e. The molecule has 4 nitrogen and oxygen atoms in total. The number of hydrogen-bond donors (Lipinski definition) is 1. The van der Waals surface area contributed by atoms with Gasteiger partial charge in [0, 0.05) is 26.7 Å². The van der Waals surface area contributed by atoms with Gasteiger partial charge < -0.3 is 5.32 Å². The van der Waals surface area contributed by atoms with Crippen molar-refractivity contribution in [2.24, 2.45) is 0 Å². The molecule has 1 rings (SSSR count). The molecule has 0 spiro atoms. The number of nitrogens with zero attached hydrogens (tertiary/aromatic N) is 1. The average Bonchev–Trinajstić information content (AvgIpc) is 2.28. The number of aryl methyl sites for hydroxylation is 1. The fourth-order valence-electron chi connectivity index (χ4n) is 1.64. The Bertz CT molecular complexity index is 484. The number of sulfonamides is 1. The Kier molecular flexibility index (Phi) is 5.31. The molecule has 1 aromatic carbocycles. The molecule has 1 N–H and O–H groups in total. The topological polar surface area (TPSA) is 49.4 Å². The van der Waals surface area contributed by atoms with Crippen molar-refractivity contribution in [2.45, 2.75) is 19.9 Å². The van der Waals surface area contributed by atoms with Crippen molar-refractivity contribution in [1.29, 1.82) is 0 Å². The van der Waals surface area contributed by atoms with E-state index in [0.717, 1.165) is 0 Å². The lowest BCUT2D eigenvalue weighted by Gasteiger charge is -2.16. The van der Waals surface area contributed by atoms with Gasteiger partial charge in [0.2, 0.25) is 10.0 Å². The molecule has 1 aromatic rings. The molecule has 0 saturated carbocycles. The summed E-state index contributed by atoms with van der Waals surface area (Å²) in [5.74, 6) is 0.121. The van der Waals surface area contributed by atoms with Crippen molar-refractivity contribution in [2.75, 3.05) is 26.4 Å². The molecule has 1 unspecified atom stereocenters. The average molecular weight is 270 g/mol. The molecule has 0 bridgehead atoms. The first-order valence-electron chi connectivity index (χ1n) is 6.03. The summed E-state index contributed by atoms with van der Waals surface area (Å²) in [7, 11) is -0.00363. The fourth-order valence-corrected chi connectivity index (χ4v) is 2.39. The van der Waals surface area contributed by atoms with Crippen molar-refractivity contribution in [3.05, 3.63) is 35.4 Å². The molecule has 0 aromatic heterocycles. The van der Waals surface area contributed by atoms with E-state index in [4.69, 9.17) is 0 Å². The highest BCUT2D eigenvalue weighted by molar-refractivity contribution is 7.89. The maximum atomic E-state index is 11.6. The summed E-state index contributed by atoms with van der Waals surface area (Å²) < 4.78 is 24.4. The normalized spacial score (nSPS) is 13.8. The van der Waals surface area contributed by atoms with Gasteiger partial charge in [-0.05, 0) is 19.4 Å². The predicted octanol–water partition coefficient (Wildman–Crippen LogP) is 1.54. The van der Waals surface area contributed by atoms with E-state index in [2.05, 4.69) is 11.4 Å². The molecule has 102 valence electrons.